The van der Waals surface area contributed by atoms with Gasteiger partial charge in [0, 0.05) is 24.7 Å². The fourth-order valence-corrected chi connectivity index (χ4v) is 3.52. The standard InChI is InChI=1S/C12H24N4O/c17-7-9-3-4-11-12(15-9)14-8-16(11)10-2-1-5-13-6-10/h9-15,17H,1-8H2/t9?,10-,11?,12?/m1/s1. The van der Waals surface area contributed by atoms with E-state index < -0.39 is 0 Å². The number of nitrogens with one attached hydrogen (secondary N) is 3. The van der Waals surface area contributed by atoms with Crippen LogP contribution in [0.15, 0.2) is 0 Å². The summed E-state index contributed by atoms with van der Waals surface area (Å²) in [5.41, 5.74) is 0. The molecule has 0 spiro atoms. The summed E-state index contributed by atoms with van der Waals surface area (Å²) in [5.74, 6) is 0. The van der Waals surface area contributed by atoms with Gasteiger partial charge in [-0.1, -0.05) is 0 Å². The zero-order valence-electron chi connectivity index (χ0n) is 10.4. The second kappa shape index (κ2) is 5.20. The fourth-order valence-electron chi connectivity index (χ4n) is 3.52. The minimum absolute atomic E-state index is 0.260. The molecule has 0 amide bonds. The lowest BCUT2D eigenvalue weighted by molar-refractivity contribution is 0.103. The molecule has 0 aromatic rings. The first kappa shape index (κ1) is 11.9. The first-order chi connectivity index (χ1) is 8.38. The Morgan fingerprint density at radius 3 is 2.94 bits per heavy atom. The molecule has 0 saturated carbocycles. The maximum atomic E-state index is 9.21. The quantitative estimate of drug-likeness (QED) is 0.501. The van der Waals surface area contributed by atoms with Crippen LogP contribution < -0.4 is 16.0 Å². The highest BCUT2D eigenvalue weighted by Crippen LogP contribution is 2.25. The molecule has 3 fully saturated rings. The van der Waals surface area contributed by atoms with Crippen molar-refractivity contribution in [3.05, 3.63) is 0 Å². The van der Waals surface area contributed by atoms with Crippen LogP contribution in [0.2, 0.25) is 0 Å². The van der Waals surface area contributed by atoms with Gasteiger partial charge < -0.3 is 10.4 Å². The zero-order chi connectivity index (χ0) is 11.7. The second-order valence-electron chi connectivity index (χ2n) is 5.55. The van der Waals surface area contributed by atoms with Gasteiger partial charge in [0.25, 0.3) is 0 Å². The molecular weight excluding hydrogens is 216 g/mol. The highest BCUT2D eigenvalue weighted by Gasteiger charge is 2.41. The van der Waals surface area contributed by atoms with E-state index in [4.69, 9.17) is 0 Å². The fraction of sp³-hybridized carbons (Fsp3) is 1.00. The third-order valence-corrected chi connectivity index (χ3v) is 4.49. The van der Waals surface area contributed by atoms with E-state index in [1.807, 2.05) is 0 Å². The van der Waals surface area contributed by atoms with E-state index in [-0.39, 0.29) is 12.6 Å². The van der Waals surface area contributed by atoms with E-state index in [0.29, 0.717) is 18.2 Å². The second-order valence-corrected chi connectivity index (χ2v) is 5.55. The molecule has 0 bridgehead atoms. The molecule has 4 atom stereocenters. The average Bonchev–Trinajstić information content (AvgIpc) is 2.82. The van der Waals surface area contributed by atoms with Crippen molar-refractivity contribution in [1.29, 1.82) is 0 Å². The Bertz CT molecular complexity index is 257. The van der Waals surface area contributed by atoms with Crippen molar-refractivity contribution >= 4 is 0 Å². The Balaban J connectivity index is 1.61. The van der Waals surface area contributed by atoms with Crippen LogP contribution in [-0.2, 0) is 0 Å². The van der Waals surface area contributed by atoms with Gasteiger partial charge in [0.1, 0.15) is 0 Å². The summed E-state index contributed by atoms with van der Waals surface area (Å²) in [6, 6.07) is 1.59. The van der Waals surface area contributed by atoms with Crippen molar-refractivity contribution in [2.24, 2.45) is 0 Å². The van der Waals surface area contributed by atoms with E-state index in [1.165, 1.54) is 25.8 Å². The molecule has 0 aromatic carbocycles. The molecule has 3 rings (SSSR count). The third kappa shape index (κ3) is 2.35. The Labute approximate surface area is 103 Å². The first-order valence-electron chi connectivity index (χ1n) is 6.95. The number of aliphatic hydroxyl groups excluding tert-OH is 1. The predicted molar refractivity (Wildman–Crippen MR) is 66.6 cm³/mol. The van der Waals surface area contributed by atoms with Crippen molar-refractivity contribution in [3.63, 3.8) is 0 Å². The van der Waals surface area contributed by atoms with Crippen LogP contribution in [0.4, 0.5) is 0 Å². The highest BCUT2D eigenvalue weighted by molar-refractivity contribution is 4.98. The average molecular weight is 240 g/mol. The first-order valence-corrected chi connectivity index (χ1v) is 6.95. The molecule has 3 saturated heterocycles. The molecule has 17 heavy (non-hydrogen) atoms. The minimum atomic E-state index is 0.260. The largest absolute Gasteiger partial charge is 0.395 e. The monoisotopic (exact) mass is 240 g/mol. The SMILES string of the molecule is OCC1CCC2C(NCN2[C@@H]2CCCNC2)N1. The molecular formula is C12H24N4O. The number of hydrogen-bond donors (Lipinski definition) is 4. The lowest BCUT2D eigenvalue weighted by Crippen LogP contribution is -2.58. The summed E-state index contributed by atoms with van der Waals surface area (Å²) in [7, 11) is 0. The van der Waals surface area contributed by atoms with Gasteiger partial charge in [-0.3, -0.25) is 15.5 Å². The Morgan fingerprint density at radius 2 is 2.18 bits per heavy atom. The maximum absolute atomic E-state index is 9.21. The number of aliphatic hydroxyl groups is 1. The molecule has 0 aliphatic carbocycles. The normalized spacial score (nSPS) is 43.6. The van der Waals surface area contributed by atoms with Crippen LogP contribution >= 0.6 is 0 Å². The van der Waals surface area contributed by atoms with Crippen molar-refractivity contribution in [3.8, 4) is 0 Å². The number of piperidine rings is 2. The van der Waals surface area contributed by atoms with Crippen LogP contribution in [-0.4, -0.2) is 60.7 Å². The lowest BCUT2D eigenvalue weighted by Gasteiger charge is -2.40. The maximum Gasteiger partial charge on any atom is 0.0745 e. The molecule has 4 N–H and O–H groups in total. The van der Waals surface area contributed by atoms with Gasteiger partial charge in [0.05, 0.1) is 19.4 Å². The van der Waals surface area contributed by atoms with Crippen LogP contribution in [0, 0.1) is 0 Å². The highest BCUT2D eigenvalue weighted by atomic mass is 16.3. The molecule has 3 heterocycles. The number of nitrogens with zero attached hydrogens (tertiary/aromatic N) is 1. The number of rotatable bonds is 2. The summed E-state index contributed by atoms with van der Waals surface area (Å²) in [6.07, 6.45) is 5.29. The summed E-state index contributed by atoms with van der Waals surface area (Å²) < 4.78 is 0. The lowest BCUT2D eigenvalue weighted by atomic mass is 9.96. The summed E-state index contributed by atoms with van der Waals surface area (Å²) in [6.45, 7) is 3.56. The summed E-state index contributed by atoms with van der Waals surface area (Å²) in [5, 5.41) is 19.8. The number of hydrogen-bond acceptors (Lipinski definition) is 5. The topological polar surface area (TPSA) is 59.6 Å². The van der Waals surface area contributed by atoms with Crippen molar-refractivity contribution in [2.45, 2.75) is 50.0 Å². The molecule has 3 aliphatic rings. The Kier molecular flexibility index (Phi) is 3.63. The van der Waals surface area contributed by atoms with E-state index in [0.717, 1.165) is 19.6 Å². The smallest absolute Gasteiger partial charge is 0.0745 e. The van der Waals surface area contributed by atoms with Crippen LogP contribution in [0.1, 0.15) is 25.7 Å². The zero-order valence-corrected chi connectivity index (χ0v) is 10.4. The molecule has 3 aliphatic heterocycles. The molecule has 3 unspecified atom stereocenters. The molecule has 5 nitrogen and oxygen atoms in total. The predicted octanol–water partition coefficient (Wildman–Crippen LogP) is -0.960. The Hall–Kier alpha value is -0.200. The van der Waals surface area contributed by atoms with Crippen LogP contribution in [0.25, 0.3) is 0 Å². The molecule has 98 valence electrons. The summed E-state index contributed by atoms with van der Waals surface area (Å²) >= 11 is 0. The molecule has 0 aromatic heterocycles. The molecule has 0 radical (unpaired) electrons. The van der Waals surface area contributed by atoms with Crippen molar-refractivity contribution in [2.75, 3.05) is 26.4 Å². The van der Waals surface area contributed by atoms with Crippen molar-refractivity contribution < 1.29 is 5.11 Å². The van der Waals surface area contributed by atoms with Gasteiger partial charge in [-0.15, -0.1) is 0 Å². The Morgan fingerprint density at radius 1 is 1.24 bits per heavy atom. The van der Waals surface area contributed by atoms with Gasteiger partial charge in [-0.25, -0.2) is 0 Å². The van der Waals surface area contributed by atoms with Gasteiger partial charge in [0.2, 0.25) is 0 Å². The van der Waals surface area contributed by atoms with Gasteiger partial charge in [-0.2, -0.15) is 0 Å². The van der Waals surface area contributed by atoms with E-state index >= 15 is 0 Å². The van der Waals surface area contributed by atoms with Gasteiger partial charge >= 0.3 is 0 Å². The minimum Gasteiger partial charge on any atom is -0.395 e. The van der Waals surface area contributed by atoms with E-state index in [9.17, 15) is 5.11 Å². The van der Waals surface area contributed by atoms with E-state index in [1.54, 1.807) is 0 Å². The van der Waals surface area contributed by atoms with Gasteiger partial charge in [0.15, 0.2) is 0 Å². The van der Waals surface area contributed by atoms with Crippen LogP contribution in [0.5, 0.6) is 0 Å². The van der Waals surface area contributed by atoms with Crippen molar-refractivity contribution in [1.82, 2.24) is 20.9 Å². The van der Waals surface area contributed by atoms with Crippen LogP contribution in [0.3, 0.4) is 0 Å². The molecule has 5 heteroatoms. The number of fused-ring (bicyclic) bond motifs is 1. The van der Waals surface area contributed by atoms with Gasteiger partial charge in [-0.05, 0) is 32.2 Å². The summed E-state index contributed by atoms with van der Waals surface area (Å²) in [4.78, 5) is 2.62. The van der Waals surface area contributed by atoms with E-state index in [2.05, 4.69) is 20.9 Å². The third-order valence-electron chi connectivity index (χ3n) is 4.49.